The molecule has 1 aromatic heterocycles. The van der Waals surface area contributed by atoms with E-state index in [1.165, 1.54) is 0 Å². The first kappa shape index (κ1) is 11.9. The molecule has 1 aliphatic rings. The Kier molecular flexibility index (Phi) is 3.94. The van der Waals surface area contributed by atoms with E-state index >= 15 is 0 Å². The number of likely N-dealkylation sites (tertiary alicyclic amines) is 1. The Balaban J connectivity index is 1.82. The minimum atomic E-state index is 0.0550. The van der Waals surface area contributed by atoms with E-state index in [1.807, 2.05) is 12.3 Å². The summed E-state index contributed by atoms with van der Waals surface area (Å²) in [5, 5.41) is 8.81. The van der Waals surface area contributed by atoms with E-state index in [0.717, 1.165) is 39.0 Å². The summed E-state index contributed by atoms with van der Waals surface area (Å²) >= 11 is 0. The van der Waals surface area contributed by atoms with Crippen LogP contribution < -0.4 is 5.56 Å². The van der Waals surface area contributed by atoms with Crippen molar-refractivity contribution in [1.82, 2.24) is 9.47 Å². The standard InChI is InChI=1S/C13H17N3O/c14-11-12-4-7-15(8-5-12)9-10-16-6-2-1-3-13(16)17/h1-3,6,12H,4-5,7-10H2. The highest BCUT2D eigenvalue weighted by Gasteiger charge is 2.18. The molecule has 2 heterocycles. The van der Waals surface area contributed by atoms with Crippen LogP contribution in [0, 0.1) is 17.2 Å². The van der Waals surface area contributed by atoms with Crippen LogP contribution in [0.3, 0.4) is 0 Å². The Morgan fingerprint density at radius 1 is 1.29 bits per heavy atom. The second-order valence-corrected chi connectivity index (χ2v) is 4.48. The van der Waals surface area contributed by atoms with Crippen molar-refractivity contribution < 1.29 is 0 Å². The molecule has 1 saturated heterocycles. The summed E-state index contributed by atoms with van der Waals surface area (Å²) in [4.78, 5) is 13.8. The van der Waals surface area contributed by atoms with Crippen molar-refractivity contribution in [3.8, 4) is 6.07 Å². The number of aromatic nitrogens is 1. The lowest BCUT2D eigenvalue weighted by Gasteiger charge is -2.28. The molecule has 0 spiro atoms. The summed E-state index contributed by atoms with van der Waals surface area (Å²) in [5.41, 5.74) is 0.0550. The molecule has 4 nitrogen and oxygen atoms in total. The number of pyridine rings is 1. The van der Waals surface area contributed by atoms with Crippen molar-refractivity contribution in [1.29, 1.82) is 5.26 Å². The van der Waals surface area contributed by atoms with Gasteiger partial charge >= 0.3 is 0 Å². The minimum Gasteiger partial charge on any atom is -0.314 e. The third-order valence-corrected chi connectivity index (χ3v) is 3.33. The van der Waals surface area contributed by atoms with Gasteiger partial charge in [-0.05, 0) is 32.0 Å². The number of hydrogen-bond donors (Lipinski definition) is 0. The van der Waals surface area contributed by atoms with E-state index in [-0.39, 0.29) is 11.5 Å². The van der Waals surface area contributed by atoms with E-state index < -0.39 is 0 Å². The largest absolute Gasteiger partial charge is 0.314 e. The molecule has 4 heteroatoms. The number of nitriles is 1. The molecule has 1 aliphatic heterocycles. The maximum Gasteiger partial charge on any atom is 0.250 e. The Morgan fingerprint density at radius 3 is 2.71 bits per heavy atom. The van der Waals surface area contributed by atoms with Gasteiger partial charge in [-0.15, -0.1) is 0 Å². The molecule has 0 saturated carbocycles. The first-order valence-corrected chi connectivity index (χ1v) is 6.07. The van der Waals surface area contributed by atoms with Crippen LogP contribution >= 0.6 is 0 Å². The monoisotopic (exact) mass is 231 g/mol. The van der Waals surface area contributed by atoms with Crippen LogP contribution in [-0.4, -0.2) is 29.1 Å². The quantitative estimate of drug-likeness (QED) is 0.782. The van der Waals surface area contributed by atoms with Crippen molar-refractivity contribution >= 4 is 0 Å². The van der Waals surface area contributed by atoms with Crippen molar-refractivity contribution in [2.24, 2.45) is 5.92 Å². The second kappa shape index (κ2) is 5.65. The smallest absolute Gasteiger partial charge is 0.250 e. The summed E-state index contributed by atoms with van der Waals surface area (Å²) in [6.07, 6.45) is 3.74. The topological polar surface area (TPSA) is 49.0 Å². The number of nitrogens with zero attached hydrogens (tertiary/aromatic N) is 3. The average Bonchev–Trinajstić information content (AvgIpc) is 2.38. The summed E-state index contributed by atoms with van der Waals surface area (Å²) in [7, 11) is 0. The first-order valence-electron chi connectivity index (χ1n) is 6.07. The van der Waals surface area contributed by atoms with Crippen molar-refractivity contribution in [2.45, 2.75) is 19.4 Å². The SMILES string of the molecule is N#CC1CCN(CCn2ccccc2=O)CC1. The molecule has 0 aromatic carbocycles. The molecule has 0 N–H and O–H groups in total. The van der Waals surface area contributed by atoms with Crippen molar-refractivity contribution in [2.75, 3.05) is 19.6 Å². The summed E-state index contributed by atoms with van der Waals surface area (Å²) in [6, 6.07) is 7.55. The normalized spacial score (nSPS) is 17.8. The summed E-state index contributed by atoms with van der Waals surface area (Å²) in [5.74, 6) is 0.227. The van der Waals surface area contributed by atoms with Gasteiger partial charge in [0.25, 0.3) is 5.56 Å². The molecule has 0 aliphatic carbocycles. The van der Waals surface area contributed by atoms with E-state index in [4.69, 9.17) is 5.26 Å². The van der Waals surface area contributed by atoms with Gasteiger partial charge in [-0.25, -0.2) is 0 Å². The molecular weight excluding hydrogens is 214 g/mol. The van der Waals surface area contributed by atoms with E-state index in [9.17, 15) is 4.79 Å². The number of rotatable bonds is 3. The molecule has 1 fully saturated rings. The van der Waals surface area contributed by atoms with E-state index in [1.54, 1.807) is 16.7 Å². The number of hydrogen-bond acceptors (Lipinski definition) is 3. The van der Waals surface area contributed by atoms with Gasteiger partial charge in [0, 0.05) is 31.3 Å². The van der Waals surface area contributed by atoms with Crippen LogP contribution in [0.5, 0.6) is 0 Å². The van der Waals surface area contributed by atoms with Crippen molar-refractivity contribution in [3.05, 3.63) is 34.7 Å². The van der Waals surface area contributed by atoms with E-state index in [0.29, 0.717) is 0 Å². The zero-order valence-corrected chi connectivity index (χ0v) is 9.88. The molecule has 0 atom stereocenters. The molecule has 0 amide bonds. The third kappa shape index (κ3) is 3.18. The fourth-order valence-electron chi connectivity index (χ4n) is 2.18. The Hall–Kier alpha value is -1.60. The van der Waals surface area contributed by atoms with Gasteiger partial charge in [-0.1, -0.05) is 6.07 Å². The molecule has 17 heavy (non-hydrogen) atoms. The van der Waals surface area contributed by atoms with Gasteiger partial charge in [-0.2, -0.15) is 5.26 Å². The van der Waals surface area contributed by atoms with Crippen LogP contribution in [-0.2, 0) is 6.54 Å². The Morgan fingerprint density at radius 2 is 2.06 bits per heavy atom. The van der Waals surface area contributed by atoms with Gasteiger partial charge in [0.2, 0.25) is 0 Å². The van der Waals surface area contributed by atoms with E-state index in [2.05, 4.69) is 11.0 Å². The molecule has 1 aromatic rings. The van der Waals surface area contributed by atoms with Crippen molar-refractivity contribution in [3.63, 3.8) is 0 Å². The number of piperidine rings is 1. The Bertz CT molecular complexity index is 452. The predicted octanol–water partition coefficient (Wildman–Crippen LogP) is 1.08. The van der Waals surface area contributed by atoms with Crippen LogP contribution in [0.4, 0.5) is 0 Å². The maximum absolute atomic E-state index is 11.5. The second-order valence-electron chi connectivity index (χ2n) is 4.48. The Labute approximate surface area is 101 Å². The molecule has 2 rings (SSSR count). The highest BCUT2D eigenvalue weighted by Crippen LogP contribution is 2.15. The fraction of sp³-hybridized carbons (Fsp3) is 0.538. The van der Waals surface area contributed by atoms with Gasteiger partial charge in [0.1, 0.15) is 0 Å². The third-order valence-electron chi connectivity index (χ3n) is 3.33. The molecule has 0 radical (unpaired) electrons. The summed E-state index contributed by atoms with van der Waals surface area (Å²) < 4.78 is 1.73. The molecule has 0 unspecified atom stereocenters. The van der Waals surface area contributed by atoms with Crippen LogP contribution in [0.2, 0.25) is 0 Å². The van der Waals surface area contributed by atoms with Gasteiger partial charge < -0.3 is 9.47 Å². The fourth-order valence-corrected chi connectivity index (χ4v) is 2.18. The van der Waals surface area contributed by atoms with Crippen LogP contribution in [0.1, 0.15) is 12.8 Å². The first-order chi connectivity index (χ1) is 8.29. The lowest BCUT2D eigenvalue weighted by atomic mass is 9.99. The molecular formula is C13H17N3O. The van der Waals surface area contributed by atoms with Gasteiger partial charge in [-0.3, -0.25) is 4.79 Å². The minimum absolute atomic E-state index is 0.0550. The zero-order valence-electron chi connectivity index (χ0n) is 9.88. The van der Waals surface area contributed by atoms with Gasteiger partial charge in [0.05, 0.1) is 6.07 Å². The molecule has 0 bridgehead atoms. The molecule has 90 valence electrons. The highest BCUT2D eigenvalue weighted by atomic mass is 16.1. The zero-order chi connectivity index (χ0) is 12.1. The average molecular weight is 231 g/mol. The highest BCUT2D eigenvalue weighted by molar-refractivity contribution is 4.93. The maximum atomic E-state index is 11.5. The van der Waals surface area contributed by atoms with Gasteiger partial charge in [0.15, 0.2) is 0 Å². The summed E-state index contributed by atoms with van der Waals surface area (Å²) in [6.45, 7) is 3.57. The lowest BCUT2D eigenvalue weighted by molar-refractivity contribution is 0.198. The van der Waals surface area contributed by atoms with Crippen LogP contribution in [0.25, 0.3) is 0 Å². The lowest BCUT2D eigenvalue weighted by Crippen LogP contribution is -2.36. The predicted molar refractivity (Wildman–Crippen MR) is 65.5 cm³/mol. The van der Waals surface area contributed by atoms with Crippen LogP contribution in [0.15, 0.2) is 29.2 Å².